The van der Waals surface area contributed by atoms with Gasteiger partial charge in [-0.05, 0) is 44.0 Å². The number of benzene rings is 1. The fraction of sp³-hybridized carbons (Fsp3) is 0.625. The zero-order valence-electron chi connectivity index (χ0n) is 12.1. The van der Waals surface area contributed by atoms with E-state index in [1.165, 1.54) is 32.2 Å². The molecule has 19 heavy (non-hydrogen) atoms. The van der Waals surface area contributed by atoms with Crippen molar-refractivity contribution in [2.24, 2.45) is 5.73 Å². The van der Waals surface area contributed by atoms with Crippen molar-refractivity contribution in [3.63, 3.8) is 0 Å². The van der Waals surface area contributed by atoms with Gasteiger partial charge in [0.1, 0.15) is 5.75 Å². The number of hydrogen-bond donors (Lipinski definition) is 1. The number of ether oxygens (including phenoxy) is 1. The molecule has 0 spiro atoms. The van der Waals surface area contributed by atoms with Crippen molar-refractivity contribution >= 4 is 0 Å². The molecule has 3 nitrogen and oxygen atoms in total. The van der Waals surface area contributed by atoms with Crippen LogP contribution in [-0.4, -0.2) is 31.1 Å². The van der Waals surface area contributed by atoms with Gasteiger partial charge in [-0.1, -0.05) is 25.0 Å². The molecule has 1 aromatic rings. The van der Waals surface area contributed by atoms with Crippen molar-refractivity contribution in [1.29, 1.82) is 0 Å². The largest absolute Gasteiger partial charge is 0.497 e. The summed E-state index contributed by atoms with van der Waals surface area (Å²) in [7, 11) is 1.70. The minimum absolute atomic E-state index is 0.0654. The van der Waals surface area contributed by atoms with Crippen LogP contribution in [0, 0.1) is 0 Å². The maximum absolute atomic E-state index is 6.37. The van der Waals surface area contributed by atoms with E-state index in [9.17, 15) is 0 Å². The molecule has 106 valence electrons. The molecular formula is C16H26N2O. The predicted molar refractivity (Wildman–Crippen MR) is 79.4 cm³/mol. The quantitative estimate of drug-likeness (QED) is 0.906. The van der Waals surface area contributed by atoms with Gasteiger partial charge >= 0.3 is 0 Å². The average Bonchev–Trinajstić information content (AvgIpc) is 2.64. The summed E-state index contributed by atoms with van der Waals surface area (Å²) in [6.45, 7) is 4.44. The zero-order valence-corrected chi connectivity index (χ0v) is 12.1. The van der Waals surface area contributed by atoms with Crippen molar-refractivity contribution in [3.8, 4) is 5.75 Å². The summed E-state index contributed by atoms with van der Waals surface area (Å²) in [5, 5.41) is 0. The minimum Gasteiger partial charge on any atom is -0.497 e. The lowest BCUT2D eigenvalue weighted by atomic mass is 10.1. The molecule has 3 heteroatoms. The number of nitrogens with zero attached hydrogens (tertiary/aromatic N) is 1. The highest BCUT2D eigenvalue weighted by Crippen LogP contribution is 2.22. The van der Waals surface area contributed by atoms with E-state index in [1.54, 1.807) is 7.11 Å². The highest BCUT2D eigenvalue weighted by Gasteiger charge is 2.19. The van der Waals surface area contributed by atoms with E-state index >= 15 is 0 Å². The van der Waals surface area contributed by atoms with E-state index < -0.39 is 0 Å². The number of hydrogen-bond acceptors (Lipinski definition) is 3. The number of rotatable bonds is 4. The molecule has 0 aliphatic carbocycles. The second kappa shape index (κ2) is 6.92. The first-order chi connectivity index (χ1) is 9.20. The third-order valence-corrected chi connectivity index (χ3v) is 4.14. The summed E-state index contributed by atoms with van der Waals surface area (Å²) in [6, 6.07) is 8.84. The van der Waals surface area contributed by atoms with E-state index in [0.717, 1.165) is 17.9 Å². The summed E-state index contributed by atoms with van der Waals surface area (Å²) in [5.41, 5.74) is 7.53. The van der Waals surface area contributed by atoms with Gasteiger partial charge in [-0.3, -0.25) is 4.90 Å². The third-order valence-electron chi connectivity index (χ3n) is 4.14. The highest BCUT2D eigenvalue weighted by molar-refractivity contribution is 5.30. The smallest absolute Gasteiger partial charge is 0.119 e. The van der Waals surface area contributed by atoms with E-state index in [-0.39, 0.29) is 6.04 Å². The van der Waals surface area contributed by atoms with Gasteiger partial charge in [0.15, 0.2) is 0 Å². The van der Waals surface area contributed by atoms with Gasteiger partial charge in [0.25, 0.3) is 0 Å². The van der Waals surface area contributed by atoms with Gasteiger partial charge in [-0.15, -0.1) is 0 Å². The molecule has 0 saturated carbocycles. The van der Waals surface area contributed by atoms with Gasteiger partial charge in [-0.25, -0.2) is 0 Å². The topological polar surface area (TPSA) is 38.5 Å². The molecule has 0 amide bonds. The summed E-state index contributed by atoms with van der Waals surface area (Å²) in [5.74, 6) is 0.886. The first-order valence-electron chi connectivity index (χ1n) is 7.34. The van der Waals surface area contributed by atoms with Crippen LogP contribution in [0.15, 0.2) is 24.3 Å². The Balaban J connectivity index is 2.00. The van der Waals surface area contributed by atoms with Gasteiger partial charge in [0.05, 0.1) is 7.11 Å². The second-order valence-corrected chi connectivity index (χ2v) is 5.58. The molecule has 1 aromatic carbocycles. The third kappa shape index (κ3) is 3.95. The standard InChI is InChI=1S/C16H26N2O/c1-13-7-4-3-5-10-18(13)12-16(17)14-8-6-9-15(11-14)19-2/h6,8-9,11,13,16H,3-5,7,10,12,17H2,1-2H3. The molecule has 2 N–H and O–H groups in total. The Morgan fingerprint density at radius 3 is 3.00 bits per heavy atom. The SMILES string of the molecule is COc1cccc(C(N)CN2CCCCCC2C)c1. The Hall–Kier alpha value is -1.06. The van der Waals surface area contributed by atoms with Crippen LogP contribution in [0.25, 0.3) is 0 Å². The van der Waals surface area contributed by atoms with Crippen molar-refractivity contribution in [2.75, 3.05) is 20.2 Å². The molecular weight excluding hydrogens is 236 g/mol. The lowest BCUT2D eigenvalue weighted by Gasteiger charge is -2.29. The summed E-state index contributed by atoms with van der Waals surface area (Å²) < 4.78 is 5.27. The van der Waals surface area contributed by atoms with E-state index in [0.29, 0.717) is 6.04 Å². The fourth-order valence-electron chi connectivity index (χ4n) is 2.84. The van der Waals surface area contributed by atoms with Crippen molar-refractivity contribution in [3.05, 3.63) is 29.8 Å². The molecule has 0 aromatic heterocycles. The normalized spacial score (nSPS) is 22.8. The monoisotopic (exact) mass is 262 g/mol. The first kappa shape index (κ1) is 14.4. The highest BCUT2D eigenvalue weighted by atomic mass is 16.5. The van der Waals surface area contributed by atoms with E-state index in [2.05, 4.69) is 17.9 Å². The zero-order chi connectivity index (χ0) is 13.7. The Bertz CT molecular complexity index is 394. The summed E-state index contributed by atoms with van der Waals surface area (Å²) in [4.78, 5) is 2.54. The molecule has 2 atom stereocenters. The molecule has 0 radical (unpaired) electrons. The molecule has 2 rings (SSSR count). The Morgan fingerprint density at radius 2 is 2.21 bits per heavy atom. The van der Waals surface area contributed by atoms with Gasteiger partial charge < -0.3 is 10.5 Å². The Morgan fingerprint density at radius 1 is 1.37 bits per heavy atom. The van der Waals surface area contributed by atoms with Crippen LogP contribution in [-0.2, 0) is 0 Å². The minimum atomic E-state index is 0.0654. The average molecular weight is 262 g/mol. The predicted octanol–water partition coefficient (Wildman–Crippen LogP) is 2.96. The molecule has 0 bridgehead atoms. The number of nitrogens with two attached hydrogens (primary N) is 1. The molecule has 1 saturated heterocycles. The molecule has 2 unspecified atom stereocenters. The van der Waals surface area contributed by atoms with E-state index in [4.69, 9.17) is 10.5 Å². The second-order valence-electron chi connectivity index (χ2n) is 5.58. The Labute approximate surface area is 116 Å². The molecule has 1 fully saturated rings. The maximum Gasteiger partial charge on any atom is 0.119 e. The van der Waals surface area contributed by atoms with Gasteiger partial charge in [-0.2, -0.15) is 0 Å². The first-order valence-corrected chi connectivity index (χ1v) is 7.34. The number of likely N-dealkylation sites (tertiary alicyclic amines) is 1. The lowest BCUT2D eigenvalue weighted by molar-refractivity contribution is 0.201. The van der Waals surface area contributed by atoms with Crippen molar-refractivity contribution in [2.45, 2.75) is 44.7 Å². The maximum atomic E-state index is 6.37. The van der Waals surface area contributed by atoms with Crippen molar-refractivity contribution < 1.29 is 4.74 Å². The van der Waals surface area contributed by atoms with Crippen LogP contribution < -0.4 is 10.5 Å². The van der Waals surface area contributed by atoms with Crippen LogP contribution in [0.1, 0.15) is 44.2 Å². The molecule has 1 heterocycles. The van der Waals surface area contributed by atoms with Gasteiger partial charge in [0.2, 0.25) is 0 Å². The van der Waals surface area contributed by atoms with Crippen LogP contribution in [0.5, 0.6) is 5.75 Å². The summed E-state index contributed by atoms with van der Waals surface area (Å²) in [6.07, 6.45) is 5.31. The molecule has 1 aliphatic rings. The summed E-state index contributed by atoms with van der Waals surface area (Å²) >= 11 is 0. The van der Waals surface area contributed by atoms with Gasteiger partial charge in [0, 0.05) is 18.6 Å². The van der Waals surface area contributed by atoms with Crippen LogP contribution in [0.2, 0.25) is 0 Å². The van der Waals surface area contributed by atoms with Crippen LogP contribution in [0.3, 0.4) is 0 Å². The number of methoxy groups -OCH3 is 1. The molecule has 1 aliphatic heterocycles. The lowest BCUT2D eigenvalue weighted by Crippen LogP contribution is -2.38. The van der Waals surface area contributed by atoms with Crippen LogP contribution >= 0.6 is 0 Å². The Kier molecular flexibility index (Phi) is 5.23. The van der Waals surface area contributed by atoms with E-state index in [1.807, 2.05) is 18.2 Å². The fourth-order valence-corrected chi connectivity index (χ4v) is 2.84. The van der Waals surface area contributed by atoms with Crippen LogP contribution in [0.4, 0.5) is 0 Å². The van der Waals surface area contributed by atoms with Crippen molar-refractivity contribution in [1.82, 2.24) is 4.90 Å².